The van der Waals surface area contributed by atoms with E-state index in [0.29, 0.717) is 11.2 Å². The number of aromatic nitrogens is 2. The molecular weight excluding hydrogens is 408 g/mol. The van der Waals surface area contributed by atoms with Crippen LogP contribution < -0.4 is 4.74 Å². The van der Waals surface area contributed by atoms with Gasteiger partial charge in [-0.2, -0.15) is 0 Å². The maximum absolute atomic E-state index is 6.26. The number of hydrogen-bond acceptors (Lipinski definition) is 4. The Bertz CT molecular complexity index is 861. The van der Waals surface area contributed by atoms with Crippen LogP contribution in [-0.2, 0) is 13.7 Å². The number of benzene rings is 2. The highest BCUT2D eigenvalue weighted by Gasteiger charge is 2.17. The normalized spacial score (nSPS) is 11.0. The number of rotatable bonds is 10. The van der Waals surface area contributed by atoms with Gasteiger partial charge in [0.15, 0.2) is 0 Å². The number of nitrogens with zero attached hydrogens (tertiary/aromatic N) is 2. The van der Waals surface area contributed by atoms with E-state index >= 15 is 0 Å². The molecule has 0 aliphatic carbocycles. The molecule has 0 aliphatic heterocycles. The summed E-state index contributed by atoms with van der Waals surface area (Å²) in [5, 5.41) is 0. The predicted octanol–water partition coefficient (Wildman–Crippen LogP) is 6.86. The number of para-hydroxylation sites is 3. The topological polar surface area (TPSA) is 27.1 Å². The van der Waals surface area contributed by atoms with E-state index in [2.05, 4.69) is 55.8 Å². The minimum Gasteiger partial charge on any atom is -0.485 e. The highest BCUT2D eigenvalue weighted by atomic mass is 35.5. The van der Waals surface area contributed by atoms with Crippen molar-refractivity contribution >= 4 is 47.0 Å². The van der Waals surface area contributed by atoms with Crippen LogP contribution in [0.15, 0.2) is 48.5 Å². The Morgan fingerprint density at radius 2 is 1.61 bits per heavy atom. The summed E-state index contributed by atoms with van der Waals surface area (Å²) in [7, 11) is 2.05. The molecule has 0 spiro atoms. The van der Waals surface area contributed by atoms with Gasteiger partial charge < -0.3 is 9.30 Å². The Kier molecular flexibility index (Phi) is 9.56. The van der Waals surface area contributed by atoms with Gasteiger partial charge in [-0.3, -0.25) is 0 Å². The van der Waals surface area contributed by atoms with Crippen molar-refractivity contribution in [1.29, 1.82) is 0 Å². The summed E-state index contributed by atoms with van der Waals surface area (Å²) in [4.78, 5) is 4.73. The molecule has 0 amide bonds. The van der Waals surface area contributed by atoms with Gasteiger partial charge in [0, 0.05) is 12.6 Å². The number of thioether (sulfide) groups is 2. The predicted molar refractivity (Wildman–Crippen MR) is 127 cm³/mol. The molecule has 28 heavy (non-hydrogen) atoms. The average Bonchev–Trinajstić information content (AvgIpc) is 3.03. The van der Waals surface area contributed by atoms with Crippen molar-refractivity contribution in [2.75, 3.05) is 11.5 Å². The summed E-state index contributed by atoms with van der Waals surface area (Å²) in [6.07, 6.45) is 2.38. The Morgan fingerprint density at radius 3 is 2.29 bits per heavy atom. The van der Waals surface area contributed by atoms with E-state index in [1.165, 1.54) is 29.9 Å². The Morgan fingerprint density at radius 1 is 0.964 bits per heavy atom. The second kappa shape index (κ2) is 11.6. The minimum atomic E-state index is 0. The second-order valence-electron chi connectivity index (χ2n) is 6.48. The standard InChI is InChI=1S/C22H28N2OS2.ClH/c1-4-14-26-22(27-15-5-2)17-10-6-9-13-20(17)25-16-21-23-18-11-7-8-12-19(18)24(21)3;/h6-13,22H,4-5,14-16H2,1-3H3;1H. The number of hydrogen-bond donors (Lipinski definition) is 0. The van der Waals surface area contributed by atoms with Gasteiger partial charge in [-0.05, 0) is 42.5 Å². The molecule has 0 unspecified atom stereocenters. The van der Waals surface area contributed by atoms with E-state index in [-0.39, 0.29) is 12.4 Å². The Labute approximate surface area is 183 Å². The van der Waals surface area contributed by atoms with Gasteiger partial charge in [0.2, 0.25) is 0 Å². The maximum Gasteiger partial charge on any atom is 0.147 e. The van der Waals surface area contributed by atoms with Crippen LogP contribution >= 0.6 is 35.9 Å². The lowest BCUT2D eigenvalue weighted by Crippen LogP contribution is -2.05. The van der Waals surface area contributed by atoms with Crippen LogP contribution in [0, 0.1) is 0 Å². The molecule has 0 saturated carbocycles. The van der Waals surface area contributed by atoms with Gasteiger partial charge >= 0.3 is 0 Å². The zero-order chi connectivity index (χ0) is 19.1. The van der Waals surface area contributed by atoms with E-state index in [1.54, 1.807) is 0 Å². The van der Waals surface area contributed by atoms with Crippen LogP contribution in [0.5, 0.6) is 5.75 Å². The maximum atomic E-state index is 6.26. The minimum absolute atomic E-state index is 0. The molecule has 1 heterocycles. The van der Waals surface area contributed by atoms with Crippen LogP contribution in [0.4, 0.5) is 0 Å². The van der Waals surface area contributed by atoms with Crippen molar-refractivity contribution in [2.24, 2.45) is 7.05 Å². The highest BCUT2D eigenvalue weighted by molar-refractivity contribution is 8.16. The first-order chi connectivity index (χ1) is 13.2. The van der Waals surface area contributed by atoms with Gasteiger partial charge in [-0.25, -0.2) is 4.98 Å². The molecule has 1 aromatic heterocycles. The van der Waals surface area contributed by atoms with E-state index in [4.69, 9.17) is 9.72 Å². The first kappa shape index (κ1) is 23.0. The van der Waals surface area contributed by atoms with Gasteiger partial charge in [0.1, 0.15) is 18.2 Å². The lowest BCUT2D eigenvalue weighted by Gasteiger charge is -2.20. The molecule has 0 radical (unpaired) electrons. The molecule has 3 aromatic rings. The van der Waals surface area contributed by atoms with Crippen molar-refractivity contribution in [2.45, 2.75) is 37.9 Å². The first-order valence-corrected chi connectivity index (χ1v) is 11.7. The third-order valence-electron chi connectivity index (χ3n) is 4.36. The zero-order valence-corrected chi connectivity index (χ0v) is 19.2. The molecule has 6 heteroatoms. The number of aryl methyl sites for hydroxylation is 1. The SMILES string of the molecule is CCCSC(SCCC)c1ccccc1OCc1nc2ccccc2n1C.Cl. The summed E-state index contributed by atoms with van der Waals surface area (Å²) in [5.74, 6) is 4.26. The van der Waals surface area contributed by atoms with Gasteiger partial charge in [0.05, 0.1) is 15.6 Å². The molecule has 0 bridgehead atoms. The van der Waals surface area contributed by atoms with Crippen LogP contribution in [0.2, 0.25) is 0 Å². The van der Waals surface area contributed by atoms with E-state index in [9.17, 15) is 0 Å². The van der Waals surface area contributed by atoms with Crippen molar-refractivity contribution in [3.63, 3.8) is 0 Å². The average molecular weight is 437 g/mol. The van der Waals surface area contributed by atoms with E-state index < -0.39 is 0 Å². The lowest BCUT2D eigenvalue weighted by molar-refractivity contribution is 0.290. The van der Waals surface area contributed by atoms with Crippen LogP contribution in [0.1, 0.15) is 42.7 Å². The van der Waals surface area contributed by atoms with Gasteiger partial charge in [-0.1, -0.05) is 44.2 Å². The smallest absolute Gasteiger partial charge is 0.147 e. The fourth-order valence-corrected chi connectivity index (χ4v) is 5.56. The Hall–Kier alpha value is -1.30. The molecule has 0 fully saturated rings. The molecular formula is C22H29ClN2OS2. The largest absolute Gasteiger partial charge is 0.485 e. The first-order valence-electron chi connectivity index (χ1n) is 9.59. The third kappa shape index (κ3) is 5.62. The van der Waals surface area contributed by atoms with Crippen LogP contribution in [0.25, 0.3) is 11.0 Å². The fraction of sp³-hybridized carbons (Fsp3) is 0.409. The summed E-state index contributed by atoms with van der Waals surface area (Å²) in [5.41, 5.74) is 3.44. The molecule has 3 nitrogen and oxygen atoms in total. The monoisotopic (exact) mass is 436 g/mol. The summed E-state index contributed by atoms with van der Waals surface area (Å²) in [6.45, 7) is 4.96. The van der Waals surface area contributed by atoms with Crippen molar-refractivity contribution in [3.05, 3.63) is 59.9 Å². The van der Waals surface area contributed by atoms with Crippen molar-refractivity contribution in [1.82, 2.24) is 9.55 Å². The molecule has 3 rings (SSSR count). The van der Waals surface area contributed by atoms with Gasteiger partial charge in [0.25, 0.3) is 0 Å². The number of halogens is 1. The quantitative estimate of drug-likeness (QED) is 0.324. The molecule has 0 atom stereocenters. The van der Waals surface area contributed by atoms with Crippen molar-refractivity contribution < 1.29 is 4.74 Å². The van der Waals surface area contributed by atoms with E-state index in [0.717, 1.165) is 22.6 Å². The summed E-state index contributed by atoms with van der Waals surface area (Å²) in [6, 6.07) is 16.7. The summed E-state index contributed by atoms with van der Waals surface area (Å²) >= 11 is 4.04. The second-order valence-corrected chi connectivity index (χ2v) is 9.20. The molecule has 2 aromatic carbocycles. The lowest BCUT2D eigenvalue weighted by atomic mass is 10.2. The highest BCUT2D eigenvalue weighted by Crippen LogP contribution is 2.44. The number of fused-ring (bicyclic) bond motifs is 1. The zero-order valence-electron chi connectivity index (χ0n) is 16.8. The molecule has 0 saturated heterocycles. The Balaban J connectivity index is 0.00000280. The third-order valence-corrected chi connectivity index (χ3v) is 7.57. The van der Waals surface area contributed by atoms with Gasteiger partial charge in [-0.15, -0.1) is 35.9 Å². The summed E-state index contributed by atoms with van der Waals surface area (Å²) < 4.78 is 8.80. The molecule has 152 valence electrons. The van der Waals surface area contributed by atoms with Crippen LogP contribution in [0.3, 0.4) is 0 Å². The number of imidazole rings is 1. The number of ether oxygens (including phenoxy) is 1. The molecule has 0 N–H and O–H groups in total. The van der Waals surface area contributed by atoms with Crippen molar-refractivity contribution in [3.8, 4) is 5.75 Å². The van der Waals surface area contributed by atoms with Crippen LogP contribution in [-0.4, -0.2) is 21.1 Å². The van der Waals surface area contributed by atoms with E-state index in [1.807, 2.05) is 41.7 Å². The fourth-order valence-electron chi connectivity index (χ4n) is 2.95. The molecule has 0 aliphatic rings.